The van der Waals surface area contributed by atoms with Gasteiger partial charge in [0, 0.05) is 0 Å². The number of para-hydroxylation sites is 2. The van der Waals surface area contributed by atoms with Crippen LogP contribution in [0.15, 0.2) is 58.5 Å². The molecule has 128 valence electrons. The molecule has 25 heavy (non-hydrogen) atoms. The highest BCUT2D eigenvalue weighted by Crippen LogP contribution is 2.24. The van der Waals surface area contributed by atoms with E-state index in [1.54, 1.807) is 43.3 Å². The average molecular weight is 356 g/mol. The summed E-state index contributed by atoms with van der Waals surface area (Å²) in [4.78, 5) is 20.7. The van der Waals surface area contributed by atoms with Crippen molar-refractivity contribution in [3.63, 3.8) is 0 Å². The van der Waals surface area contributed by atoms with Crippen molar-refractivity contribution in [3.05, 3.63) is 59.8 Å². The zero-order valence-electron chi connectivity index (χ0n) is 13.8. The second kappa shape index (κ2) is 6.60. The SMILES string of the molecule is CCOC(=O)c1nc2ccccc2nc1S(=O)(=O)c1ccc(C)cc1. The molecule has 0 aliphatic carbocycles. The van der Waals surface area contributed by atoms with Gasteiger partial charge in [-0.3, -0.25) is 0 Å². The van der Waals surface area contributed by atoms with Crippen LogP contribution in [0.4, 0.5) is 0 Å². The Bertz CT molecular complexity index is 1040. The highest BCUT2D eigenvalue weighted by molar-refractivity contribution is 7.91. The number of nitrogens with zero attached hydrogens (tertiary/aromatic N) is 2. The lowest BCUT2D eigenvalue weighted by atomic mass is 10.2. The van der Waals surface area contributed by atoms with Gasteiger partial charge in [0.25, 0.3) is 0 Å². The van der Waals surface area contributed by atoms with E-state index in [9.17, 15) is 13.2 Å². The van der Waals surface area contributed by atoms with Gasteiger partial charge in [-0.05, 0) is 38.1 Å². The number of aromatic nitrogens is 2. The molecular weight excluding hydrogens is 340 g/mol. The Kier molecular flexibility index (Phi) is 4.50. The molecule has 0 saturated carbocycles. The first kappa shape index (κ1) is 17.0. The molecule has 1 heterocycles. The number of carbonyl (C=O) groups is 1. The van der Waals surface area contributed by atoms with E-state index in [1.807, 2.05) is 6.92 Å². The quantitative estimate of drug-likeness (QED) is 0.668. The summed E-state index contributed by atoms with van der Waals surface area (Å²) in [6.45, 7) is 3.61. The Morgan fingerprint density at radius 1 is 1.00 bits per heavy atom. The zero-order valence-corrected chi connectivity index (χ0v) is 14.6. The van der Waals surface area contributed by atoms with Crippen LogP contribution in [0.1, 0.15) is 23.0 Å². The molecule has 1 aromatic heterocycles. The molecular formula is C18H16N2O4S. The van der Waals surface area contributed by atoms with Crippen LogP contribution in [0.2, 0.25) is 0 Å². The predicted molar refractivity (Wildman–Crippen MR) is 92.1 cm³/mol. The number of aryl methyl sites for hydroxylation is 1. The van der Waals surface area contributed by atoms with Crippen LogP contribution in [-0.4, -0.2) is 31.0 Å². The van der Waals surface area contributed by atoms with Crippen molar-refractivity contribution in [3.8, 4) is 0 Å². The van der Waals surface area contributed by atoms with Gasteiger partial charge in [0.15, 0.2) is 10.7 Å². The van der Waals surface area contributed by atoms with Crippen molar-refractivity contribution in [1.82, 2.24) is 9.97 Å². The third-order valence-electron chi connectivity index (χ3n) is 3.59. The van der Waals surface area contributed by atoms with Crippen molar-refractivity contribution < 1.29 is 17.9 Å². The second-order valence-electron chi connectivity index (χ2n) is 5.40. The van der Waals surface area contributed by atoms with Crippen molar-refractivity contribution in [2.24, 2.45) is 0 Å². The van der Waals surface area contributed by atoms with Crippen molar-refractivity contribution >= 4 is 26.8 Å². The lowest BCUT2D eigenvalue weighted by molar-refractivity contribution is 0.0514. The maximum Gasteiger partial charge on any atom is 0.359 e. The molecule has 7 heteroatoms. The zero-order chi connectivity index (χ0) is 18.0. The van der Waals surface area contributed by atoms with Crippen LogP contribution in [0, 0.1) is 6.92 Å². The Morgan fingerprint density at radius 3 is 2.20 bits per heavy atom. The largest absolute Gasteiger partial charge is 0.461 e. The van der Waals surface area contributed by atoms with E-state index in [0.717, 1.165) is 5.56 Å². The minimum atomic E-state index is -4.02. The highest BCUT2D eigenvalue weighted by atomic mass is 32.2. The summed E-state index contributed by atoms with van der Waals surface area (Å²) in [5.74, 6) is -0.813. The molecule has 0 amide bonds. The third kappa shape index (κ3) is 3.23. The van der Waals surface area contributed by atoms with Gasteiger partial charge in [0.05, 0.1) is 22.5 Å². The summed E-state index contributed by atoms with van der Waals surface area (Å²) in [6, 6.07) is 13.1. The van der Waals surface area contributed by atoms with Crippen LogP contribution >= 0.6 is 0 Å². The van der Waals surface area contributed by atoms with E-state index in [0.29, 0.717) is 11.0 Å². The summed E-state index contributed by atoms with van der Waals surface area (Å²) in [6.07, 6.45) is 0. The van der Waals surface area contributed by atoms with Crippen LogP contribution in [-0.2, 0) is 14.6 Å². The molecule has 0 aliphatic heterocycles. The molecule has 0 bridgehead atoms. The summed E-state index contributed by atoms with van der Waals surface area (Å²) in [7, 11) is -4.02. The monoisotopic (exact) mass is 356 g/mol. The standard InChI is InChI=1S/C18H16N2O4S/c1-3-24-18(21)16-17(20-15-7-5-4-6-14(15)19-16)25(22,23)13-10-8-12(2)9-11-13/h4-11H,3H2,1-2H3. The van der Waals surface area contributed by atoms with Gasteiger partial charge >= 0.3 is 5.97 Å². The minimum absolute atomic E-state index is 0.0493. The van der Waals surface area contributed by atoms with Gasteiger partial charge in [0.2, 0.25) is 9.84 Å². The molecule has 0 spiro atoms. The molecule has 0 N–H and O–H groups in total. The first-order valence-electron chi connectivity index (χ1n) is 7.69. The summed E-state index contributed by atoms with van der Waals surface area (Å²) < 4.78 is 31.0. The van der Waals surface area contributed by atoms with E-state index in [2.05, 4.69) is 9.97 Å². The topological polar surface area (TPSA) is 86.2 Å². The second-order valence-corrected chi connectivity index (χ2v) is 7.27. The van der Waals surface area contributed by atoms with Crippen molar-refractivity contribution in [1.29, 1.82) is 0 Å². The van der Waals surface area contributed by atoms with E-state index in [1.165, 1.54) is 12.1 Å². The molecule has 6 nitrogen and oxygen atoms in total. The first-order valence-corrected chi connectivity index (χ1v) is 9.17. The Labute approximate surface area is 145 Å². The third-order valence-corrected chi connectivity index (χ3v) is 5.28. The van der Waals surface area contributed by atoms with E-state index in [4.69, 9.17) is 4.74 Å². The van der Waals surface area contributed by atoms with E-state index < -0.39 is 20.8 Å². The summed E-state index contributed by atoms with van der Waals surface area (Å²) in [5, 5.41) is -0.395. The maximum absolute atomic E-state index is 13.0. The van der Waals surface area contributed by atoms with Crippen LogP contribution < -0.4 is 0 Å². The number of fused-ring (bicyclic) bond motifs is 1. The molecule has 0 radical (unpaired) electrons. The van der Waals surface area contributed by atoms with Gasteiger partial charge in [0.1, 0.15) is 0 Å². The Balaban J connectivity index is 2.27. The molecule has 0 saturated heterocycles. The maximum atomic E-state index is 13.0. The number of ether oxygens (including phenoxy) is 1. The fourth-order valence-corrected chi connectivity index (χ4v) is 3.65. The molecule has 3 aromatic rings. The lowest BCUT2D eigenvalue weighted by Crippen LogP contribution is -2.16. The van der Waals surface area contributed by atoms with Gasteiger partial charge < -0.3 is 4.74 Å². The van der Waals surface area contributed by atoms with Gasteiger partial charge in [-0.25, -0.2) is 23.2 Å². The van der Waals surface area contributed by atoms with Crippen molar-refractivity contribution in [2.75, 3.05) is 6.61 Å². The van der Waals surface area contributed by atoms with E-state index in [-0.39, 0.29) is 17.2 Å². The van der Waals surface area contributed by atoms with Gasteiger partial charge in [-0.2, -0.15) is 0 Å². The summed E-state index contributed by atoms with van der Waals surface area (Å²) >= 11 is 0. The molecule has 0 fully saturated rings. The normalized spacial score (nSPS) is 11.4. The number of hydrogen-bond acceptors (Lipinski definition) is 6. The van der Waals surface area contributed by atoms with Crippen LogP contribution in [0.5, 0.6) is 0 Å². The molecule has 3 rings (SSSR count). The number of esters is 1. The molecule has 0 unspecified atom stereocenters. The number of sulfone groups is 1. The fourth-order valence-electron chi connectivity index (χ4n) is 2.33. The summed E-state index contributed by atoms with van der Waals surface area (Å²) in [5.41, 5.74) is 1.44. The first-order chi connectivity index (χ1) is 11.9. The van der Waals surface area contributed by atoms with Crippen LogP contribution in [0.25, 0.3) is 11.0 Å². The number of rotatable bonds is 4. The van der Waals surface area contributed by atoms with Crippen molar-refractivity contribution in [2.45, 2.75) is 23.8 Å². The fraction of sp³-hybridized carbons (Fsp3) is 0.167. The average Bonchev–Trinajstić information content (AvgIpc) is 2.61. The number of benzene rings is 2. The molecule has 0 aliphatic rings. The van der Waals surface area contributed by atoms with Gasteiger partial charge in [-0.15, -0.1) is 0 Å². The van der Waals surface area contributed by atoms with E-state index >= 15 is 0 Å². The molecule has 2 aromatic carbocycles. The predicted octanol–water partition coefficient (Wildman–Crippen LogP) is 2.95. The number of carbonyl (C=O) groups excluding carboxylic acids is 1. The minimum Gasteiger partial charge on any atom is -0.461 e. The van der Waals surface area contributed by atoms with Crippen LogP contribution in [0.3, 0.4) is 0 Å². The molecule has 0 atom stereocenters. The lowest BCUT2D eigenvalue weighted by Gasteiger charge is -2.10. The van der Waals surface area contributed by atoms with Gasteiger partial charge in [-0.1, -0.05) is 29.8 Å². The Hall–Kier alpha value is -2.80. The smallest absolute Gasteiger partial charge is 0.359 e. The highest BCUT2D eigenvalue weighted by Gasteiger charge is 2.29. The Morgan fingerprint density at radius 2 is 1.60 bits per heavy atom. The number of hydrogen-bond donors (Lipinski definition) is 0.